The van der Waals surface area contributed by atoms with Gasteiger partial charge in [-0.05, 0) is 91.5 Å². The molecule has 194 valence electrons. The van der Waals surface area contributed by atoms with Crippen molar-refractivity contribution in [3.8, 4) is 5.75 Å². The van der Waals surface area contributed by atoms with Crippen LogP contribution in [0, 0.1) is 18.3 Å². The van der Waals surface area contributed by atoms with Gasteiger partial charge in [-0.25, -0.2) is 4.98 Å². The highest BCUT2D eigenvalue weighted by Crippen LogP contribution is 2.46. The number of alkyl halides is 3. The number of imidazole rings is 1. The molecule has 0 radical (unpaired) electrons. The second-order valence-corrected chi connectivity index (χ2v) is 10.7. The molecular weight excluding hydrogens is 471 g/mol. The Morgan fingerprint density at radius 1 is 1.22 bits per heavy atom. The number of nitrogens with zero attached hydrogens (tertiary/aromatic N) is 2. The number of halogens is 3. The summed E-state index contributed by atoms with van der Waals surface area (Å²) in [5, 5.41) is 12.4. The van der Waals surface area contributed by atoms with E-state index in [-0.39, 0.29) is 23.6 Å². The lowest BCUT2D eigenvalue weighted by Gasteiger charge is -2.40. The number of rotatable bonds is 7. The first-order valence-corrected chi connectivity index (χ1v) is 12.2. The van der Waals surface area contributed by atoms with Crippen LogP contribution in [0.1, 0.15) is 63.6 Å². The van der Waals surface area contributed by atoms with E-state index in [1.165, 1.54) is 24.3 Å². The number of hydrogen-bond acceptors (Lipinski definition) is 4. The van der Waals surface area contributed by atoms with Crippen LogP contribution in [-0.4, -0.2) is 27.0 Å². The molecule has 1 heterocycles. The Balaban J connectivity index is 1.74. The van der Waals surface area contributed by atoms with Crippen molar-refractivity contribution in [1.82, 2.24) is 9.55 Å². The zero-order valence-corrected chi connectivity index (χ0v) is 20.9. The van der Waals surface area contributed by atoms with E-state index in [0.717, 1.165) is 41.4 Å². The summed E-state index contributed by atoms with van der Waals surface area (Å²) in [7, 11) is 0. The van der Waals surface area contributed by atoms with Gasteiger partial charge in [0.15, 0.2) is 0 Å². The monoisotopic (exact) mass is 503 g/mol. The van der Waals surface area contributed by atoms with E-state index in [1.807, 2.05) is 13.0 Å². The molecule has 4 rings (SSSR count). The van der Waals surface area contributed by atoms with Gasteiger partial charge in [0, 0.05) is 18.2 Å². The average molecular weight is 504 g/mol. The van der Waals surface area contributed by atoms with Crippen molar-refractivity contribution in [2.24, 2.45) is 11.3 Å². The Kier molecular flexibility index (Phi) is 6.94. The number of aryl methyl sites for hydroxylation is 2. The first-order chi connectivity index (χ1) is 16.8. The van der Waals surface area contributed by atoms with E-state index < -0.39 is 12.3 Å². The molecule has 1 aliphatic rings. The van der Waals surface area contributed by atoms with E-state index in [1.54, 1.807) is 0 Å². The number of hydrogen-bond donors (Lipinski definition) is 2. The molecular formula is C27H32F3N3O3. The zero-order chi connectivity index (χ0) is 26.3. The van der Waals surface area contributed by atoms with E-state index in [9.17, 15) is 18.0 Å². The van der Waals surface area contributed by atoms with Crippen molar-refractivity contribution in [1.29, 1.82) is 0 Å². The topological polar surface area (TPSA) is 76.4 Å². The summed E-state index contributed by atoms with van der Waals surface area (Å²) in [6.07, 6.45) is -1.20. The van der Waals surface area contributed by atoms with Gasteiger partial charge in [0.2, 0.25) is 5.95 Å². The SMILES string of the molecule is Cc1cc2c(cc1CCC(=O)O)nc(Nc1ccc(OC(F)(F)F)cc1)n2[C@@H]1C[C@@H](C)CC(C)(C)C1. The van der Waals surface area contributed by atoms with Gasteiger partial charge in [-0.15, -0.1) is 13.2 Å². The first kappa shape index (κ1) is 25.9. The summed E-state index contributed by atoms with van der Waals surface area (Å²) < 4.78 is 43.8. The summed E-state index contributed by atoms with van der Waals surface area (Å²) in [5.74, 6) is -0.000164. The van der Waals surface area contributed by atoms with E-state index >= 15 is 0 Å². The van der Waals surface area contributed by atoms with Crippen molar-refractivity contribution in [2.45, 2.75) is 72.2 Å². The molecule has 0 saturated heterocycles. The third-order valence-electron chi connectivity index (χ3n) is 6.83. The quantitative estimate of drug-likeness (QED) is 0.352. The molecule has 0 bridgehead atoms. The number of carboxylic acid groups (broad SMARTS) is 1. The summed E-state index contributed by atoms with van der Waals surface area (Å²) in [5.41, 5.74) is 4.41. The molecule has 1 aromatic heterocycles. The molecule has 0 spiro atoms. The Morgan fingerprint density at radius 2 is 1.92 bits per heavy atom. The molecule has 3 aromatic rings. The van der Waals surface area contributed by atoms with Crippen LogP contribution in [0.2, 0.25) is 0 Å². The van der Waals surface area contributed by atoms with E-state index in [4.69, 9.17) is 10.1 Å². The van der Waals surface area contributed by atoms with Crippen molar-refractivity contribution < 1.29 is 27.8 Å². The average Bonchev–Trinajstić information content (AvgIpc) is 3.07. The Morgan fingerprint density at radius 3 is 2.53 bits per heavy atom. The number of aliphatic carboxylic acids is 1. The van der Waals surface area contributed by atoms with Crippen LogP contribution >= 0.6 is 0 Å². The van der Waals surface area contributed by atoms with Gasteiger partial charge < -0.3 is 19.7 Å². The predicted octanol–water partition coefficient (Wildman–Crippen LogP) is 7.39. The second kappa shape index (κ2) is 9.67. The molecule has 1 aliphatic carbocycles. The lowest BCUT2D eigenvalue weighted by atomic mass is 9.70. The highest BCUT2D eigenvalue weighted by atomic mass is 19.4. The molecule has 2 aromatic carbocycles. The summed E-state index contributed by atoms with van der Waals surface area (Å²) in [4.78, 5) is 16.0. The number of benzene rings is 2. The Hall–Kier alpha value is -3.23. The first-order valence-electron chi connectivity index (χ1n) is 12.2. The lowest BCUT2D eigenvalue weighted by Crippen LogP contribution is -2.29. The third kappa shape index (κ3) is 6.12. The van der Waals surface area contributed by atoms with Gasteiger partial charge >= 0.3 is 12.3 Å². The van der Waals surface area contributed by atoms with Crippen molar-refractivity contribution in [3.63, 3.8) is 0 Å². The minimum absolute atomic E-state index is 0.0405. The zero-order valence-electron chi connectivity index (χ0n) is 20.9. The summed E-state index contributed by atoms with van der Waals surface area (Å²) in [6, 6.07) is 9.80. The van der Waals surface area contributed by atoms with Crippen LogP contribution in [0.15, 0.2) is 36.4 Å². The van der Waals surface area contributed by atoms with E-state index in [0.29, 0.717) is 24.0 Å². The van der Waals surface area contributed by atoms with Crippen LogP contribution in [-0.2, 0) is 11.2 Å². The molecule has 0 unspecified atom stereocenters. The molecule has 2 atom stereocenters. The van der Waals surface area contributed by atoms with Crippen LogP contribution < -0.4 is 10.1 Å². The largest absolute Gasteiger partial charge is 0.573 e. The highest BCUT2D eigenvalue weighted by molar-refractivity contribution is 5.82. The van der Waals surface area contributed by atoms with Crippen molar-refractivity contribution in [2.75, 3.05) is 5.32 Å². The fraction of sp³-hybridized carbons (Fsp3) is 0.481. The molecule has 0 amide bonds. The maximum atomic E-state index is 12.5. The molecule has 9 heteroatoms. The third-order valence-corrected chi connectivity index (χ3v) is 6.83. The number of anilines is 2. The Labute approximate surface area is 208 Å². The fourth-order valence-corrected chi connectivity index (χ4v) is 5.62. The smallest absolute Gasteiger partial charge is 0.481 e. The number of ether oxygens (including phenoxy) is 1. The normalized spacial score (nSPS) is 19.9. The summed E-state index contributed by atoms with van der Waals surface area (Å²) >= 11 is 0. The number of carbonyl (C=O) groups is 1. The molecule has 6 nitrogen and oxygen atoms in total. The number of aromatic nitrogens is 2. The van der Waals surface area contributed by atoms with Crippen LogP contribution in [0.3, 0.4) is 0 Å². The van der Waals surface area contributed by atoms with Gasteiger partial charge in [0.05, 0.1) is 11.0 Å². The number of carboxylic acids is 1. The van der Waals surface area contributed by atoms with Crippen LogP contribution in [0.4, 0.5) is 24.8 Å². The summed E-state index contributed by atoms with van der Waals surface area (Å²) in [6.45, 7) is 8.79. The fourth-order valence-electron chi connectivity index (χ4n) is 5.62. The molecule has 0 aliphatic heterocycles. The maximum absolute atomic E-state index is 12.5. The molecule has 36 heavy (non-hydrogen) atoms. The standard InChI is InChI=1S/C27H32F3N3O3/c1-16-11-20(15-26(3,4)14-16)33-23-12-17(2)18(5-10-24(34)35)13-22(23)32-25(33)31-19-6-8-21(9-7-19)36-27(28,29)30/h6-9,12-13,16,20H,5,10-11,14-15H2,1-4H3,(H,31,32)(H,34,35)/t16-,20-/m1/s1. The van der Waals surface area contributed by atoms with Gasteiger partial charge in [-0.2, -0.15) is 0 Å². The molecule has 2 N–H and O–H groups in total. The second-order valence-electron chi connectivity index (χ2n) is 10.7. The maximum Gasteiger partial charge on any atom is 0.573 e. The van der Waals surface area contributed by atoms with Gasteiger partial charge in [0.1, 0.15) is 5.75 Å². The predicted molar refractivity (Wildman–Crippen MR) is 133 cm³/mol. The van der Waals surface area contributed by atoms with E-state index in [2.05, 4.69) is 41.5 Å². The molecule has 1 saturated carbocycles. The Bertz CT molecular complexity index is 1250. The lowest BCUT2D eigenvalue weighted by molar-refractivity contribution is -0.274. The number of nitrogens with one attached hydrogen (secondary N) is 1. The minimum Gasteiger partial charge on any atom is -0.481 e. The van der Waals surface area contributed by atoms with Crippen molar-refractivity contribution >= 4 is 28.6 Å². The van der Waals surface area contributed by atoms with Crippen LogP contribution in [0.25, 0.3) is 11.0 Å². The van der Waals surface area contributed by atoms with Crippen LogP contribution in [0.5, 0.6) is 5.75 Å². The highest BCUT2D eigenvalue weighted by Gasteiger charge is 2.35. The van der Waals surface area contributed by atoms with Crippen molar-refractivity contribution in [3.05, 3.63) is 47.5 Å². The van der Waals surface area contributed by atoms with Gasteiger partial charge in [-0.3, -0.25) is 4.79 Å². The van der Waals surface area contributed by atoms with Gasteiger partial charge in [0.25, 0.3) is 0 Å². The number of fused-ring (bicyclic) bond motifs is 1. The molecule has 1 fully saturated rings. The van der Waals surface area contributed by atoms with Gasteiger partial charge in [-0.1, -0.05) is 20.8 Å². The minimum atomic E-state index is -4.75.